The predicted molar refractivity (Wildman–Crippen MR) is 212 cm³/mol. The minimum absolute atomic E-state index is 0.917. The van der Waals surface area contributed by atoms with Crippen molar-refractivity contribution < 1.29 is 0 Å². The fourth-order valence-corrected chi connectivity index (χ4v) is 7.26. The van der Waals surface area contributed by atoms with Crippen molar-refractivity contribution in [2.45, 2.75) is 6.42 Å². The largest absolute Gasteiger partial charge is 0.309 e. The van der Waals surface area contributed by atoms with Gasteiger partial charge in [-0.2, -0.15) is 0 Å². The van der Waals surface area contributed by atoms with Crippen molar-refractivity contribution in [3.63, 3.8) is 0 Å². The molecule has 1 heteroatoms. The third-order valence-corrected chi connectivity index (χ3v) is 9.85. The van der Waals surface area contributed by atoms with E-state index in [1.807, 2.05) is 0 Å². The Labute approximate surface area is 293 Å². The third-order valence-electron chi connectivity index (χ3n) is 9.85. The van der Waals surface area contributed by atoms with Gasteiger partial charge in [-0.25, -0.2) is 0 Å². The molecular formula is C49H35N. The van der Waals surface area contributed by atoms with Crippen molar-refractivity contribution in [1.82, 2.24) is 4.57 Å². The van der Waals surface area contributed by atoms with Gasteiger partial charge in [0.25, 0.3) is 0 Å². The van der Waals surface area contributed by atoms with Crippen molar-refractivity contribution >= 4 is 21.8 Å². The number of hydrogen-bond donors (Lipinski definition) is 0. The standard InChI is InChI=1S/C49H35N/c1-3-11-37(12-4-1)43-13-9-10-36(33-43)32-35-18-20-38(21-19-35)39-22-24-40(25-23-39)41-26-28-42(29-27-41)44-30-31-49-47(34-44)46-16-7-8-17-48(46)50(49)45-14-5-2-6-15-45/h1-31,33-34H,32H2. The van der Waals surface area contributed by atoms with Gasteiger partial charge in [-0.05, 0) is 92.4 Å². The number of benzene rings is 8. The molecule has 0 saturated carbocycles. The van der Waals surface area contributed by atoms with E-state index < -0.39 is 0 Å². The first-order valence-electron chi connectivity index (χ1n) is 17.3. The van der Waals surface area contributed by atoms with Crippen LogP contribution in [-0.2, 0) is 6.42 Å². The van der Waals surface area contributed by atoms with Gasteiger partial charge in [0, 0.05) is 16.5 Å². The number of rotatable bonds is 7. The predicted octanol–water partition coefficient (Wildman–Crippen LogP) is 13.0. The van der Waals surface area contributed by atoms with E-state index in [0.29, 0.717) is 0 Å². The third kappa shape index (κ3) is 5.70. The van der Waals surface area contributed by atoms with Crippen molar-refractivity contribution in [2.24, 2.45) is 0 Å². The maximum atomic E-state index is 2.36. The molecule has 50 heavy (non-hydrogen) atoms. The highest BCUT2D eigenvalue weighted by Crippen LogP contribution is 2.35. The summed E-state index contributed by atoms with van der Waals surface area (Å²) in [6.07, 6.45) is 0.917. The summed E-state index contributed by atoms with van der Waals surface area (Å²) in [6.45, 7) is 0. The van der Waals surface area contributed by atoms with Crippen LogP contribution in [0.2, 0.25) is 0 Å². The Morgan fingerprint density at radius 3 is 1.40 bits per heavy atom. The summed E-state index contributed by atoms with van der Waals surface area (Å²) in [7, 11) is 0. The highest BCUT2D eigenvalue weighted by molar-refractivity contribution is 6.10. The molecule has 0 radical (unpaired) electrons. The molecule has 0 fully saturated rings. The van der Waals surface area contributed by atoms with E-state index >= 15 is 0 Å². The molecule has 0 amide bonds. The van der Waals surface area contributed by atoms with Crippen LogP contribution in [0.15, 0.2) is 200 Å². The van der Waals surface area contributed by atoms with Crippen LogP contribution in [0.4, 0.5) is 0 Å². The molecule has 0 aliphatic rings. The number of para-hydroxylation sites is 2. The number of hydrogen-bond acceptors (Lipinski definition) is 0. The van der Waals surface area contributed by atoms with Crippen molar-refractivity contribution in [3.05, 3.63) is 211 Å². The molecule has 1 nitrogen and oxygen atoms in total. The van der Waals surface area contributed by atoms with Crippen LogP contribution in [0.3, 0.4) is 0 Å². The lowest BCUT2D eigenvalue weighted by molar-refractivity contribution is 1.18. The molecule has 0 unspecified atom stereocenters. The highest BCUT2D eigenvalue weighted by Gasteiger charge is 2.13. The minimum atomic E-state index is 0.917. The maximum absolute atomic E-state index is 2.36. The Balaban J connectivity index is 0.923. The molecule has 1 aromatic heterocycles. The fourth-order valence-electron chi connectivity index (χ4n) is 7.26. The summed E-state index contributed by atoms with van der Waals surface area (Å²) in [5, 5.41) is 2.54. The zero-order valence-electron chi connectivity index (χ0n) is 27.7. The quantitative estimate of drug-likeness (QED) is 0.164. The molecule has 236 valence electrons. The number of aromatic nitrogens is 1. The second-order valence-electron chi connectivity index (χ2n) is 13.0. The van der Waals surface area contributed by atoms with Crippen LogP contribution < -0.4 is 0 Å². The van der Waals surface area contributed by atoms with Crippen LogP contribution in [0.5, 0.6) is 0 Å². The summed E-state index contributed by atoms with van der Waals surface area (Å²) in [5.74, 6) is 0. The molecule has 1 heterocycles. The molecule has 9 rings (SSSR count). The molecular weight excluding hydrogens is 603 g/mol. The average molecular weight is 638 g/mol. The summed E-state index contributed by atoms with van der Waals surface area (Å²) in [5.41, 5.74) is 16.1. The zero-order chi connectivity index (χ0) is 33.3. The van der Waals surface area contributed by atoms with E-state index in [1.165, 1.54) is 83.1 Å². The number of nitrogens with zero attached hydrogens (tertiary/aromatic N) is 1. The van der Waals surface area contributed by atoms with Gasteiger partial charge in [0.1, 0.15) is 0 Å². The highest BCUT2D eigenvalue weighted by atomic mass is 15.0. The molecule has 0 atom stereocenters. The molecule has 0 spiro atoms. The summed E-state index contributed by atoms with van der Waals surface area (Å²) < 4.78 is 2.36. The van der Waals surface area contributed by atoms with Crippen LogP contribution >= 0.6 is 0 Å². The van der Waals surface area contributed by atoms with Gasteiger partial charge in [0.2, 0.25) is 0 Å². The maximum Gasteiger partial charge on any atom is 0.0541 e. The lowest BCUT2D eigenvalue weighted by Crippen LogP contribution is -1.92. The Morgan fingerprint density at radius 2 is 0.740 bits per heavy atom. The van der Waals surface area contributed by atoms with E-state index in [2.05, 4.69) is 205 Å². The second-order valence-corrected chi connectivity index (χ2v) is 13.0. The molecule has 0 aliphatic heterocycles. The van der Waals surface area contributed by atoms with Gasteiger partial charge < -0.3 is 4.57 Å². The van der Waals surface area contributed by atoms with Crippen LogP contribution in [0, 0.1) is 0 Å². The normalized spacial score (nSPS) is 11.3. The Kier molecular flexibility index (Phi) is 7.64. The lowest BCUT2D eigenvalue weighted by atomic mass is 9.96. The van der Waals surface area contributed by atoms with Gasteiger partial charge in [-0.15, -0.1) is 0 Å². The summed E-state index contributed by atoms with van der Waals surface area (Å²) in [4.78, 5) is 0. The molecule has 8 aromatic carbocycles. The molecule has 0 bridgehead atoms. The van der Waals surface area contributed by atoms with Crippen molar-refractivity contribution in [2.75, 3.05) is 0 Å². The zero-order valence-corrected chi connectivity index (χ0v) is 27.7. The van der Waals surface area contributed by atoms with Crippen LogP contribution in [0.25, 0.3) is 72.0 Å². The van der Waals surface area contributed by atoms with Gasteiger partial charge >= 0.3 is 0 Å². The van der Waals surface area contributed by atoms with Crippen molar-refractivity contribution in [1.29, 1.82) is 0 Å². The Hall–Kier alpha value is -6.44. The topological polar surface area (TPSA) is 4.93 Å². The average Bonchev–Trinajstić information content (AvgIpc) is 3.53. The monoisotopic (exact) mass is 637 g/mol. The van der Waals surface area contributed by atoms with E-state index in [0.717, 1.165) is 6.42 Å². The molecule has 9 aromatic rings. The molecule has 0 N–H and O–H groups in total. The first-order chi connectivity index (χ1) is 24.8. The molecule has 0 saturated heterocycles. The minimum Gasteiger partial charge on any atom is -0.309 e. The fraction of sp³-hybridized carbons (Fsp3) is 0.0204. The van der Waals surface area contributed by atoms with E-state index in [1.54, 1.807) is 0 Å². The first-order valence-corrected chi connectivity index (χ1v) is 17.3. The Morgan fingerprint density at radius 1 is 0.280 bits per heavy atom. The summed E-state index contributed by atoms with van der Waals surface area (Å²) in [6, 6.07) is 72.5. The van der Waals surface area contributed by atoms with E-state index in [4.69, 9.17) is 0 Å². The van der Waals surface area contributed by atoms with E-state index in [9.17, 15) is 0 Å². The van der Waals surface area contributed by atoms with Crippen molar-refractivity contribution in [3.8, 4) is 50.2 Å². The van der Waals surface area contributed by atoms with Gasteiger partial charge in [-0.3, -0.25) is 0 Å². The number of fused-ring (bicyclic) bond motifs is 3. The van der Waals surface area contributed by atoms with Gasteiger partial charge in [0.15, 0.2) is 0 Å². The second kappa shape index (κ2) is 12.9. The van der Waals surface area contributed by atoms with Crippen LogP contribution in [-0.4, -0.2) is 4.57 Å². The summed E-state index contributed by atoms with van der Waals surface area (Å²) >= 11 is 0. The first kappa shape index (κ1) is 29.7. The Bertz CT molecular complexity index is 2560. The smallest absolute Gasteiger partial charge is 0.0541 e. The molecule has 0 aliphatic carbocycles. The van der Waals surface area contributed by atoms with Crippen LogP contribution in [0.1, 0.15) is 11.1 Å². The SMILES string of the molecule is c1ccc(-c2cccc(Cc3ccc(-c4ccc(-c5ccc(-c6ccc7c(c6)c6ccccc6n7-c6ccccc6)cc5)cc4)cc3)c2)cc1. The lowest BCUT2D eigenvalue weighted by Gasteiger charge is -2.09. The van der Waals surface area contributed by atoms with E-state index in [-0.39, 0.29) is 0 Å². The van der Waals surface area contributed by atoms with Gasteiger partial charge in [0.05, 0.1) is 11.0 Å². The van der Waals surface area contributed by atoms with Gasteiger partial charge in [-0.1, -0.05) is 170 Å².